The fourth-order valence-electron chi connectivity index (χ4n) is 5.88. The second kappa shape index (κ2) is 6.95. The van der Waals surface area contributed by atoms with Gasteiger partial charge < -0.3 is 14.6 Å². The van der Waals surface area contributed by atoms with Crippen LogP contribution >= 0.6 is 0 Å². The maximum atomic E-state index is 10.1. The molecule has 140 valence electrons. The number of piperidine rings is 3. The number of likely N-dealkylation sites (tertiary alicyclic amines) is 1. The number of hydrogen-bond acceptors (Lipinski definition) is 4. The van der Waals surface area contributed by atoms with E-state index in [0.29, 0.717) is 24.6 Å². The second-order valence-corrected chi connectivity index (χ2v) is 8.49. The smallest absolute Gasteiger partial charge is 0.0958 e. The van der Waals surface area contributed by atoms with Crippen LogP contribution in [0.25, 0.3) is 11.0 Å². The minimum absolute atomic E-state index is 0.327. The average molecular weight is 354 g/mol. The summed E-state index contributed by atoms with van der Waals surface area (Å²) in [6.07, 6.45) is 7.30. The van der Waals surface area contributed by atoms with Gasteiger partial charge >= 0.3 is 0 Å². The molecular weight excluding hydrogens is 324 g/mol. The maximum absolute atomic E-state index is 10.1. The lowest BCUT2D eigenvalue weighted by atomic mass is 9.72. The van der Waals surface area contributed by atoms with Crippen LogP contribution in [-0.2, 0) is 6.54 Å². The normalized spacial score (nSPS) is 32.7. The summed E-state index contributed by atoms with van der Waals surface area (Å²) in [4.78, 5) is 9.85. The average Bonchev–Trinajstić information content (AvgIpc) is 3.10. The Balaban J connectivity index is 1.29. The molecule has 3 aliphatic rings. The largest absolute Gasteiger partial charge is 0.395 e. The van der Waals surface area contributed by atoms with Crippen LogP contribution in [0.1, 0.15) is 25.7 Å². The summed E-state index contributed by atoms with van der Waals surface area (Å²) in [6.45, 7) is 5.97. The van der Waals surface area contributed by atoms with Crippen molar-refractivity contribution < 1.29 is 5.11 Å². The van der Waals surface area contributed by atoms with Gasteiger partial charge in [-0.1, -0.05) is 18.6 Å². The van der Waals surface area contributed by atoms with Gasteiger partial charge in [0.05, 0.1) is 24.0 Å². The fraction of sp³-hybridized carbons (Fsp3) is 0.667. The minimum atomic E-state index is 0.327. The summed E-state index contributed by atoms with van der Waals surface area (Å²) < 4.78 is 2.29. The monoisotopic (exact) mass is 354 g/mol. The molecule has 5 heteroatoms. The lowest BCUT2D eigenvalue weighted by Crippen LogP contribution is -2.64. The molecule has 0 radical (unpaired) electrons. The molecular formula is C21H30N4O. The Labute approximate surface area is 155 Å². The quantitative estimate of drug-likeness (QED) is 0.914. The molecule has 0 saturated carbocycles. The van der Waals surface area contributed by atoms with E-state index in [0.717, 1.165) is 31.1 Å². The van der Waals surface area contributed by atoms with Gasteiger partial charge in [0.2, 0.25) is 0 Å². The Morgan fingerprint density at radius 1 is 1.08 bits per heavy atom. The van der Waals surface area contributed by atoms with Gasteiger partial charge in [-0.2, -0.15) is 0 Å². The SMILES string of the molecule is OC[C@H]1[C@H]2C[C@H](CN(CCn3cnc4ccccc43)C2)[C@@H]2CCCCN12. The first-order valence-electron chi connectivity index (χ1n) is 10.3. The van der Waals surface area contributed by atoms with E-state index in [9.17, 15) is 5.11 Å². The molecule has 5 rings (SSSR count). The predicted octanol–water partition coefficient (Wildman–Crippen LogP) is 2.20. The first kappa shape index (κ1) is 16.7. The van der Waals surface area contributed by atoms with E-state index in [2.05, 4.69) is 43.6 Å². The van der Waals surface area contributed by atoms with Gasteiger partial charge in [0.1, 0.15) is 0 Å². The van der Waals surface area contributed by atoms with Crippen LogP contribution in [0.2, 0.25) is 0 Å². The van der Waals surface area contributed by atoms with Crippen LogP contribution in [-0.4, -0.2) is 69.3 Å². The Morgan fingerprint density at radius 2 is 1.96 bits per heavy atom. The minimum Gasteiger partial charge on any atom is -0.395 e. The zero-order valence-electron chi connectivity index (χ0n) is 15.5. The van der Waals surface area contributed by atoms with Crippen LogP contribution < -0.4 is 0 Å². The van der Waals surface area contributed by atoms with Crippen LogP contribution in [0.5, 0.6) is 0 Å². The lowest BCUT2D eigenvalue weighted by Gasteiger charge is -2.56. The number of hydrogen-bond donors (Lipinski definition) is 1. The highest BCUT2D eigenvalue weighted by Crippen LogP contribution is 2.40. The van der Waals surface area contributed by atoms with Crippen molar-refractivity contribution in [1.29, 1.82) is 0 Å². The lowest BCUT2D eigenvalue weighted by molar-refractivity contribution is -0.0862. The molecule has 2 bridgehead atoms. The molecule has 1 aromatic heterocycles. The zero-order chi connectivity index (χ0) is 17.5. The molecule has 4 atom stereocenters. The van der Waals surface area contributed by atoms with Crippen molar-refractivity contribution in [3.63, 3.8) is 0 Å². The van der Waals surface area contributed by atoms with Crippen LogP contribution in [0.15, 0.2) is 30.6 Å². The number of aliphatic hydroxyl groups is 1. The number of nitrogens with zero attached hydrogens (tertiary/aromatic N) is 4. The van der Waals surface area contributed by atoms with Crippen molar-refractivity contribution in [3.05, 3.63) is 30.6 Å². The van der Waals surface area contributed by atoms with E-state index < -0.39 is 0 Å². The van der Waals surface area contributed by atoms with Crippen LogP contribution in [0.4, 0.5) is 0 Å². The third-order valence-electron chi connectivity index (χ3n) is 7.07. The van der Waals surface area contributed by atoms with E-state index >= 15 is 0 Å². The van der Waals surface area contributed by atoms with E-state index in [1.165, 1.54) is 44.3 Å². The summed E-state index contributed by atoms with van der Waals surface area (Å²) in [6, 6.07) is 9.48. The molecule has 3 aliphatic heterocycles. The summed E-state index contributed by atoms with van der Waals surface area (Å²) in [7, 11) is 0. The van der Waals surface area contributed by atoms with Crippen molar-refractivity contribution in [2.45, 2.75) is 44.3 Å². The molecule has 1 aromatic carbocycles. The Morgan fingerprint density at radius 3 is 2.88 bits per heavy atom. The van der Waals surface area contributed by atoms with Crippen molar-refractivity contribution in [1.82, 2.24) is 19.4 Å². The number of benzene rings is 1. The molecule has 0 unspecified atom stereocenters. The summed E-state index contributed by atoms with van der Waals surface area (Å²) in [5.74, 6) is 1.42. The maximum Gasteiger partial charge on any atom is 0.0958 e. The molecule has 0 spiro atoms. The van der Waals surface area contributed by atoms with Crippen molar-refractivity contribution in [2.75, 3.05) is 32.8 Å². The summed E-state index contributed by atoms with van der Waals surface area (Å²) in [5, 5.41) is 10.1. The summed E-state index contributed by atoms with van der Waals surface area (Å²) in [5.41, 5.74) is 2.32. The predicted molar refractivity (Wildman–Crippen MR) is 103 cm³/mol. The molecule has 0 aliphatic carbocycles. The third kappa shape index (κ3) is 2.86. The number of aromatic nitrogens is 2. The molecule has 4 heterocycles. The highest BCUT2D eigenvalue weighted by Gasteiger charge is 2.46. The highest BCUT2D eigenvalue weighted by molar-refractivity contribution is 5.74. The third-order valence-corrected chi connectivity index (χ3v) is 7.07. The second-order valence-electron chi connectivity index (χ2n) is 8.49. The van der Waals surface area contributed by atoms with Gasteiger partial charge in [0.15, 0.2) is 0 Å². The number of rotatable bonds is 4. The standard InChI is InChI=1S/C21H30N4O/c26-14-21-17-11-16(19-6-3-4-8-25(19)21)12-23(13-17)9-10-24-15-22-18-5-1-2-7-20(18)24/h1-2,5,7,15-17,19,21,26H,3-4,6,8-14H2/t16-,17+,19+,21+/m1/s1. The molecule has 2 aromatic rings. The topological polar surface area (TPSA) is 44.5 Å². The number of para-hydroxylation sites is 2. The Hall–Kier alpha value is -1.43. The molecule has 5 nitrogen and oxygen atoms in total. The Bertz CT molecular complexity index is 745. The van der Waals surface area contributed by atoms with Crippen LogP contribution in [0.3, 0.4) is 0 Å². The number of imidazole rings is 1. The van der Waals surface area contributed by atoms with Gasteiger partial charge in [-0.15, -0.1) is 0 Å². The van der Waals surface area contributed by atoms with Gasteiger partial charge in [-0.3, -0.25) is 4.90 Å². The van der Waals surface area contributed by atoms with Gasteiger partial charge in [0, 0.05) is 38.3 Å². The van der Waals surface area contributed by atoms with Crippen LogP contribution in [0, 0.1) is 11.8 Å². The molecule has 3 fully saturated rings. The van der Waals surface area contributed by atoms with E-state index in [1.807, 2.05) is 6.33 Å². The van der Waals surface area contributed by atoms with Gasteiger partial charge in [0.25, 0.3) is 0 Å². The van der Waals surface area contributed by atoms with Crippen molar-refractivity contribution in [2.24, 2.45) is 11.8 Å². The molecule has 26 heavy (non-hydrogen) atoms. The van der Waals surface area contributed by atoms with Gasteiger partial charge in [-0.25, -0.2) is 4.98 Å². The molecule has 1 N–H and O–H groups in total. The van der Waals surface area contributed by atoms with E-state index in [1.54, 1.807) is 0 Å². The fourth-order valence-corrected chi connectivity index (χ4v) is 5.88. The highest BCUT2D eigenvalue weighted by atomic mass is 16.3. The van der Waals surface area contributed by atoms with E-state index in [4.69, 9.17) is 0 Å². The van der Waals surface area contributed by atoms with Crippen molar-refractivity contribution in [3.8, 4) is 0 Å². The zero-order valence-corrected chi connectivity index (χ0v) is 15.5. The van der Waals surface area contributed by atoms with Gasteiger partial charge in [-0.05, 0) is 49.8 Å². The number of aliphatic hydroxyl groups excluding tert-OH is 1. The first-order chi connectivity index (χ1) is 12.8. The molecule has 3 saturated heterocycles. The Kier molecular flexibility index (Phi) is 4.47. The summed E-state index contributed by atoms with van der Waals surface area (Å²) >= 11 is 0. The van der Waals surface area contributed by atoms with Crippen molar-refractivity contribution >= 4 is 11.0 Å². The molecule has 0 amide bonds. The van der Waals surface area contributed by atoms with E-state index in [-0.39, 0.29) is 0 Å². The number of fused-ring (bicyclic) bond motifs is 5. The first-order valence-corrected chi connectivity index (χ1v) is 10.3.